The third-order valence-electron chi connectivity index (χ3n) is 3.33. The smallest absolute Gasteiger partial charge is 0.412 e. The first-order valence-electron chi connectivity index (χ1n) is 8.46. The second kappa shape index (κ2) is 9.57. The van der Waals surface area contributed by atoms with Crippen LogP contribution in [0.4, 0.5) is 10.5 Å². The lowest BCUT2D eigenvalue weighted by atomic mass is 10.2. The molecule has 0 radical (unpaired) electrons. The second-order valence-corrected chi connectivity index (χ2v) is 6.92. The van der Waals surface area contributed by atoms with Gasteiger partial charge in [-0.2, -0.15) is 5.26 Å². The summed E-state index contributed by atoms with van der Waals surface area (Å²) in [6.45, 7) is 7.01. The number of ether oxygens (including phenoxy) is 2. The van der Waals surface area contributed by atoms with E-state index in [1.807, 2.05) is 6.07 Å². The molecule has 0 fully saturated rings. The van der Waals surface area contributed by atoms with Gasteiger partial charge in [0, 0.05) is 19.3 Å². The topological polar surface area (TPSA) is 109 Å². The highest BCUT2D eigenvalue weighted by Gasteiger charge is 2.22. The zero-order valence-corrected chi connectivity index (χ0v) is 16.2. The van der Waals surface area contributed by atoms with E-state index in [-0.39, 0.29) is 24.4 Å². The zero-order chi connectivity index (χ0) is 20.6. The summed E-state index contributed by atoms with van der Waals surface area (Å²) in [5, 5.41) is 11.1. The Morgan fingerprint density at radius 3 is 2.33 bits per heavy atom. The van der Waals surface area contributed by atoms with Crippen LogP contribution in [-0.4, -0.2) is 48.2 Å². The van der Waals surface area contributed by atoms with Gasteiger partial charge in [-0.3, -0.25) is 10.1 Å². The fourth-order valence-electron chi connectivity index (χ4n) is 2.03. The molecule has 0 heterocycles. The van der Waals surface area contributed by atoms with E-state index in [1.165, 1.54) is 36.1 Å². The Morgan fingerprint density at radius 2 is 1.81 bits per heavy atom. The first-order chi connectivity index (χ1) is 12.5. The summed E-state index contributed by atoms with van der Waals surface area (Å²) in [7, 11) is 1.54. The highest BCUT2D eigenvalue weighted by Crippen LogP contribution is 2.14. The van der Waals surface area contributed by atoms with Crippen LogP contribution >= 0.6 is 0 Å². The van der Waals surface area contributed by atoms with Crippen molar-refractivity contribution in [1.29, 1.82) is 5.26 Å². The molecule has 0 aromatic heterocycles. The van der Waals surface area contributed by atoms with Gasteiger partial charge in [-0.1, -0.05) is 0 Å². The normalized spacial score (nSPS) is 11.7. The molecule has 0 aliphatic carbocycles. The van der Waals surface area contributed by atoms with Crippen LogP contribution in [0.1, 0.15) is 44.5 Å². The minimum Gasteiger partial charge on any atom is -0.449 e. The lowest BCUT2D eigenvalue weighted by Gasteiger charge is -2.20. The summed E-state index contributed by atoms with van der Waals surface area (Å²) in [6, 6.07) is 7.97. The second-order valence-electron chi connectivity index (χ2n) is 6.92. The number of nitrogens with zero attached hydrogens (tertiary/aromatic N) is 2. The average molecular weight is 375 g/mol. The number of carbonyl (C=O) groups excluding carboxylic acids is 3. The minimum absolute atomic E-state index is 0.203. The first-order valence-corrected chi connectivity index (χ1v) is 8.46. The number of carbonyl (C=O) groups is 3. The fourth-order valence-corrected chi connectivity index (χ4v) is 2.03. The molecule has 1 atom stereocenters. The monoisotopic (exact) mass is 375 g/mol. The summed E-state index contributed by atoms with van der Waals surface area (Å²) >= 11 is 0. The molecular formula is C19H25N3O5. The SMILES string of the molecule is C[C@@H](OC(=O)c1ccc(NC(=O)OC(C)(C)C)cc1)C(=O)N(C)CCC#N. The number of nitrogens with one attached hydrogen (secondary N) is 1. The van der Waals surface area contributed by atoms with Gasteiger partial charge in [-0.05, 0) is 52.0 Å². The predicted octanol–water partition coefficient (Wildman–Crippen LogP) is 2.95. The van der Waals surface area contributed by atoms with Crippen LogP contribution in [0.25, 0.3) is 0 Å². The summed E-state index contributed by atoms with van der Waals surface area (Å²) in [5.74, 6) is -1.05. The number of anilines is 1. The maximum Gasteiger partial charge on any atom is 0.412 e. The van der Waals surface area contributed by atoms with Crippen LogP contribution in [0.2, 0.25) is 0 Å². The van der Waals surface area contributed by atoms with Gasteiger partial charge >= 0.3 is 12.1 Å². The van der Waals surface area contributed by atoms with E-state index < -0.39 is 23.8 Å². The van der Waals surface area contributed by atoms with Gasteiger partial charge in [0.05, 0.1) is 18.1 Å². The first kappa shape index (κ1) is 22.0. The molecule has 8 heteroatoms. The Morgan fingerprint density at radius 1 is 1.22 bits per heavy atom. The number of benzene rings is 1. The molecule has 1 N–H and O–H groups in total. The van der Waals surface area contributed by atoms with Crippen LogP contribution in [-0.2, 0) is 14.3 Å². The van der Waals surface area contributed by atoms with Gasteiger partial charge in [0.25, 0.3) is 5.91 Å². The van der Waals surface area contributed by atoms with Crippen LogP contribution in [0.3, 0.4) is 0 Å². The third-order valence-corrected chi connectivity index (χ3v) is 3.33. The fraction of sp³-hybridized carbons (Fsp3) is 0.474. The molecule has 0 unspecified atom stereocenters. The minimum atomic E-state index is -0.972. The van der Waals surface area contributed by atoms with Crippen molar-refractivity contribution in [1.82, 2.24) is 4.90 Å². The lowest BCUT2D eigenvalue weighted by Crippen LogP contribution is -2.37. The molecule has 0 aliphatic rings. The number of rotatable bonds is 6. The lowest BCUT2D eigenvalue weighted by molar-refractivity contribution is -0.138. The zero-order valence-electron chi connectivity index (χ0n) is 16.2. The number of nitriles is 1. The Labute approximate surface area is 159 Å². The Balaban J connectivity index is 2.62. The number of hydrogen-bond donors (Lipinski definition) is 1. The maximum absolute atomic E-state index is 12.2. The molecular weight excluding hydrogens is 350 g/mol. The average Bonchev–Trinajstić information content (AvgIpc) is 2.57. The van der Waals surface area contributed by atoms with E-state index in [2.05, 4.69) is 5.32 Å². The van der Waals surface area contributed by atoms with Crippen molar-refractivity contribution < 1.29 is 23.9 Å². The van der Waals surface area contributed by atoms with Crippen molar-refractivity contribution in [2.45, 2.75) is 45.8 Å². The molecule has 0 aliphatic heterocycles. The molecule has 0 spiro atoms. The third kappa shape index (κ3) is 7.77. The molecule has 1 rings (SSSR count). The molecule has 0 saturated carbocycles. The van der Waals surface area contributed by atoms with E-state index in [0.717, 1.165) is 0 Å². The van der Waals surface area contributed by atoms with Gasteiger partial charge in [0.2, 0.25) is 0 Å². The number of esters is 1. The quantitative estimate of drug-likeness (QED) is 0.766. The van der Waals surface area contributed by atoms with Crippen molar-refractivity contribution >= 4 is 23.7 Å². The van der Waals surface area contributed by atoms with Crippen molar-refractivity contribution in [2.75, 3.05) is 18.9 Å². The summed E-state index contributed by atoms with van der Waals surface area (Å²) in [5.41, 5.74) is 0.0851. The van der Waals surface area contributed by atoms with Crippen LogP contribution in [0.15, 0.2) is 24.3 Å². The number of hydrogen-bond acceptors (Lipinski definition) is 6. The molecule has 2 amide bonds. The highest BCUT2D eigenvalue weighted by molar-refractivity contribution is 5.93. The largest absolute Gasteiger partial charge is 0.449 e. The number of likely N-dealkylation sites (N-methyl/N-ethyl adjacent to an activating group) is 1. The molecule has 146 valence electrons. The maximum atomic E-state index is 12.2. The van der Waals surface area contributed by atoms with Crippen molar-refractivity contribution in [2.24, 2.45) is 0 Å². The predicted molar refractivity (Wildman–Crippen MR) is 99.0 cm³/mol. The standard InChI is InChI=1S/C19H25N3O5/c1-13(16(23)22(5)12-6-11-20)26-17(24)14-7-9-15(10-8-14)21-18(25)27-19(2,3)4/h7-10,13H,6,12H2,1-5H3,(H,21,25)/t13-/m1/s1. The van der Waals surface area contributed by atoms with Gasteiger partial charge in [0.1, 0.15) is 5.60 Å². The van der Waals surface area contributed by atoms with Gasteiger partial charge < -0.3 is 14.4 Å². The summed E-state index contributed by atoms with van der Waals surface area (Å²) < 4.78 is 10.3. The van der Waals surface area contributed by atoms with E-state index >= 15 is 0 Å². The summed E-state index contributed by atoms with van der Waals surface area (Å²) in [4.78, 5) is 37.3. The molecule has 1 aromatic carbocycles. The van der Waals surface area contributed by atoms with E-state index in [9.17, 15) is 14.4 Å². The van der Waals surface area contributed by atoms with E-state index in [4.69, 9.17) is 14.7 Å². The molecule has 8 nitrogen and oxygen atoms in total. The molecule has 1 aromatic rings. The Kier molecular flexibility index (Phi) is 7.79. The van der Waals surface area contributed by atoms with Crippen molar-refractivity contribution in [3.8, 4) is 6.07 Å². The molecule has 0 bridgehead atoms. The summed E-state index contributed by atoms with van der Waals surface area (Å²) in [6.07, 6.45) is -1.37. The van der Waals surface area contributed by atoms with Crippen molar-refractivity contribution in [3.05, 3.63) is 29.8 Å². The number of amides is 2. The van der Waals surface area contributed by atoms with E-state index in [0.29, 0.717) is 5.69 Å². The van der Waals surface area contributed by atoms with Crippen LogP contribution in [0.5, 0.6) is 0 Å². The van der Waals surface area contributed by atoms with Gasteiger partial charge in [-0.15, -0.1) is 0 Å². The molecule has 27 heavy (non-hydrogen) atoms. The molecule has 0 saturated heterocycles. The van der Waals surface area contributed by atoms with Crippen LogP contribution < -0.4 is 5.32 Å². The van der Waals surface area contributed by atoms with Crippen molar-refractivity contribution in [3.63, 3.8) is 0 Å². The Bertz CT molecular complexity index is 716. The van der Waals surface area contributed by atoms with Gasteiger partial charge in [0.15, 0.2) is 6.10 Å². The Hall–Kier alpha value is -3.08. The highest BCUT2D eigenvalue weighted by atomic mass is 16.6. The van der Waals surface area contributed by atoms with E-state index in [1.54, 1.807) is 27.8 Å². The van der Waals surface area contributed by atoms with Crippen LogP contribution in [0, 0.1) is 11.3 Å². The van der Waals surface area contributed by atoms with Gasteiger partial charge in [-0.25, -0.2) is 9.59 Å².